The first-order chi connectivity index (χ1) is 12.8. The van der Waals surface area contributed by atoms with Crippen molar-refractivity contribution >= 4 is 5.91 Å². The topological polar surface area (TPSA) is 69.0 Å². The molecule has 0 radical (unpaired) electrons. The predicted molar refractivity (Wildman–Crippen MR) is 96.7 cm³/mol. The molecule has 2 heterocycles. The Kier molecular flexibility index (Phi) is 4.75. The number of nitrogens with zero attached hydrogens (tertiary/aromatic N) is 3. The molecular formula is C20H20N4O2. The average molecular weight is 348 g/mol. The number of benzene rings is 2. The molecule has 26 heavy (non-hydrogen) atoms. The van der Waals surface area contributed by atoms with Crippen LogP contribution in [0.5, 0.6) is 0 Å². The van der Waals surface area contributed by atoms with E-state index in [1.807, 2.05) is 36.4 Å². The molecule has 2 aromatic carbocycles. The van der Waals surface area contributed by atoms with Crippen molar-refractivity contribution in [3.8, 4) is 5.69 Å². The minimum Gasteiger partial charge on any atom is -0.373 e. The van der Waals surface area contributed by atoms with Crippen molar-refractivity contribution in [2.75, 3.05) is 6.61 Å². The molecule has 1 aliphatic rings. The van der Waals surface area contributed by atoms with E-state index in [1.165, 1.54) is 11.9 Å². The van der Waals surface area contributed by atoms with E-state index < -0.39 is 0 Å². The Bertz CT molecular complexity index is 875. The Hall–Kier alpha value is -2.99. The summed E-state index contributed by atoms with van der Waals surface area (Å²) in [7, 11) is 0. The van der Waals surface area contributed by atoms with Gasteiger partial charge in [0.05, 0.1) is 24.8 Å². The molecule has 6 heteroatoms. The van der Waals surface area contributed by atoms with Gasteiger partial charge in [0.1, 0.15) is 12.7 Å². The maximum Gasteiger partial charge on any atom is 0.223 e. The van der Waals surface area contributed by atoms with Gasteiger partial charge >= 0.3 is 0 Å². The van der Waals surface area contributed by atoms with E-state index in [9.17, 15) is 4.79 Å². The molecule has 0 saturated carbocycles. The predicted octanol–water partition coefficient (Wildman–Crippen LogP) is 2.59. The number of hydrogen-bond acceptors (Lipinski definition) is 4. The van der Waals surface area contributed by atoms with Crippen LogP contribution < -0.4 is 5.32 Å². The summed E-state index contributed by atoms with van der Waals surface area (Å²) in [6, 6.07) is 16.1. The van der Waals surface area contributed by atoms with Crippen LogP contribution in [0.3, 0.4) is 0 Å². The van der Waals surface area contributed by atoms with E-state index in [1.54, 1.807) is 11.0 Å². The summed E-state index contributed by atoms with van der Waals surface area (Å²) >= 11 is 0. The number of carbonyl (C=O) groups is 1. The van der Waals surface area contributed by atoms with Gasteiger partial charge in [0.25, 0.3) is 0 Å². The SMILES string of the molecule is O=C(C[C@H]1OCCc2ccccc21)NCc1ccc(-n2cncn2)cc1. The number of fused-ring (bicyclic) bond motifs is 1. The third kappa shape index (κ3) is 3.65. The number of rotatable bonds is 5. The van der Waals surface area contributed by atoms with E-state index in [0.29, 0.717) is 19.6 Å². The summed E-state index contributed by atoms with van der Waals surface area (Å²) < 4.78 is 7.50. The van der Waals surface area contributed by atoms with Crippen LogP contribution in [0.4, 0.5) is 0 Å². The maximum absolute atomic E-state index is 12.3. The fourth-order valence-corrected chi connectivity index (χ4v) is 3.20. The molecule has 1 aliphatic heterocycles. The number of nitrogens with one attached hydrogen (secondary N) is 1. The number of hydrogen-bond donors (Lipinski definition) is 1. The monoisotopic (exact) mass is 348 g/mol. The average Bonchev–Trinajstić information content (AvgIpc) is 3.22. The summed E-state index contributed by atoms with van der Waals surface area (Å²) in [6.45, 7) is 1.16. The van der Waals surface area contributed by atoms with Crippen molar-refractivity contribution in [1.82, 2.24) is 20.1 Å². The minimum atomic E-state index is -0.158. The summed E-state index contributed by atoms with van der Waals surface area (Å²) in [5.74, 6) is -0.00736. The van der Waals surface area contributed by atoms with E-state index in [2.05, 4.69) is 27.5 Å². The van der Waals surface area contributed by atoms with Crippen LogP contribution >= 0.6 is 0 Å². The maximum atomic E-state index is 12.3. The van der Waals surface area contributed by atoms with Crippen molar-refractivity contribution in [2.45, 2.75) is 25.5 Å². The van der Waals surface area contributed by atoms with E-state index >= 15 is 0 Å². The summed E-state index contributed by atoms with van der Waals surface area (Å²) in [6.07, 6.45) is 4.24. The van der Waals surface area contributed by atoms with Gasteiger partial charge < -0.3 is 10.1 Å². The Labute approximate surface area is 151 Å². The van der Waals surface area contributed by atoms with E-state index in [0.717, 1.165) is 23.2 Å². The molecule has 132 valence electrons. The summed E-state index contributed by atoms with van der Waals surface area (Å²) in [4.78, 5) is 16.3. The van der Waals surface area contributed by atoms with Crippen LogP contribution in [-0.4, -0.2) is 27.3 Å². The van der Waals surface area contributed by atoms with E-state index in [4.69, 9.17) is 4.74 Å². The normalized spacial score (nSPS) is 16.1. The lowest BCUT2D eigenvalue weighted by molar-refractivity contribution is -0.124. The van der Waals surface area contributed by atoms with Crippen LogP contribution in [-0.2, 0) is 22.5 Å². The van der Waals surface area contributed by atoms with Gasteiger partial charge in [-0.1, -0.05) is 36.4 Å². The molecule has 1 amide bonds. The van der Waals surface area contributed by atoms with E-state index in [-0.39, 0.29) is 12.0 Å². The number of aromatic nitrogens is 3. The first kappa shape index (κ1) is 16.5. The highest BCUT2D eigenvalue weighted by Crippen LogP contribution is 2.29. The van der Waals surface area contributed by atoms with Gasteiger partial charge in [-0.05, 0) is 35.2 Å². The van der Waals surface area contributed by atoms with Gasteiger partial charge in [-0.2, -0.15) is 5.10 Å². The van der Waals surface area contributed by atoms with Gasteiger partial charge in [-0.25, -0.2) is 9.67 Å². The fourth-order valence-electron chi connectivity index (χ4n) is 3.20. The Morgan fingerprint density at radius 3 is 2.85 bits per heavy atom. The van der Waals surface area contributed by atoms with Gasteiger partial charge in [0.15, 0.2) is 0 Å². The lowest BCUT2D eigenvalue weighted by Gasteiger charge is -2.25. The first-order valence-electron chi connectivity index (χ1n) is 8.69. The minimum absolute atomic E-state index is 0.00736. The molecule has 3 aromatic rings. The molecule has 4 rings (SSSR count). The largest absolute Gasteiger partial charge is 0.373 e. The van der Waals surface area contributed by atoms with Gasteiger partial charge in [0.2, 0.25) is 5.91 Å². The Morgan fingerprint density at radius 1 is 1.19 bits per heavy atom. The highest BCUT2D eigenvalue weighted by molar-refractivity contribution is 5.76. The molecule has 1 N–H and O–H groups in total. The zero-order valence-electron chi connectivity index (χ0n) is 14.3. The second kappa shape index (κ2) is 7.49. The molecule has 0 saturated heterocycles. The van der Waals surface area contributed by atoms with Crippen LogP contribution in [0.15, 0.2) is 61.2 Å². The van der Waals surface area contributed by atoms with Crippen molar-refractivity contribution < 1.29 is 9.53 Å². The molecule has 0 unspecified atom stereocenters. The van der Waals surface area contributed by atoms with Crippen molar-refractivity contribution in [1.29, 1.82) is 0 Å². The second-order valence-corrected chi connectivity index (χ2v) is 6.30. The number of amides is 1. The van der Waals surface area contributed by atoms with Crippen molar-refractivity contribution in [3.63, 3.8) is 0 Å². The lowest BCUT2D eigenvalue weighted by Crippen LogP contribution is -2.27. The highest BCUT2D eigenvalue weighted by Gasteiger charge is 2.22. The fraction of sp³-hybridized carbons (Fsp3) is 0.250. The highest BCUT2D eigenvalue weighted by atomic mass is 16.5. The van der Waals surface area contributed by atoms with Crippen molar-refractivity contribution in [2.24, 2.45) is 0 Å². The molecule has 0 bridgehead atoms. The van der Waals surface area contributed by atoms with Gasteiger partial charge in [-0.15, -0.1) is 0 Å². The number of ether oxygens (including phenoxy) is 1. The molecule has 1 atom stereocenters. The van der Waals surface area contributed by atoms with Crippen LogP contribution in [0.2, 0.25) is 0 Å². The molecule has 0 aliphatic carbocycles. The molecular weight excluding hydrogens is 328 g/mol. The molecule has 1 aromatic heterocycles. The summed E-state index contributed by atoms with van der Waals surface area (Å²) in [5, 5.41) is 7.07. The van der Waals surface area contributed by atoms with Crippen LogP contribution in [0.25, 0.3) is 5.69 Å². The van der Waals surface area contributed by atoms with Crippen molar-refractivity contribution in [3.05, 3.63) is 77.9 Å². The summed E-state index contributed by atoms with van der Waals surface area (Å²) in [5.41, 5.74) is 4.38. The molecule has 0 fully saturated rings. The number of carbonyl (C=O) groups excluding carboxylic acids is 1. The molecule has 0 spiro atoms. The van der Waals surface area contributed by atoms with Crippen LogP contribution in [0.1, 0.15) is 29.2 Å². The molecule has 6 nitrogen and oxygen atoms in total. The second-order valence-electron chi connectivity index (χ2n) is 6.30. The standard InChI is InChI=1S/C20H20N4O2/c25-20(11-19-18-4-2-1-3-16(18)9-10-26-19)22-12-15-5-7-17(8-6-15)24-14-21-13-23-24/h1-8,13-14,19H,9-12H2,(H,22,25)/t19-/m1/s1. The van der Waals surface area contributed by atoms with Gasteiger partial charge in [0, 0.05) is 6.54 Å². The van der Waals surface area contributed by atoms with Gasteiger partial charge in [-0.3, -0.25) is 4.79 Å². The third-order valence-corrected chi connectivity index (χ3v) is 4.57. The third-order valence-electron chi connectivity index (χ3n) is 4.57. The van der Waals surface area contributed by atoms with Crippen LogP contribution in [0, 0.1) is 0 Å². The zero-order chi connectivity index (χ0) is 17.8. The quantitative estimate of drug-likeness (QED) is 0.769. The zero-order valence-corrected chi connectivity index (χ0v) is 14.3. The lowest BCUT2D eigenvalue weighted by atomic mass is 9.95. The first-order valence-corrected chi connectivity index (χ1v) is 8.69. The smallest absolute Gasteiger partial charge is 0.223 e. The Morgan fingerprint density at radius 2 is 2.04 bits per heavy atom. The Balaban J connectivity index is 1.33.